The smallest absolute Gasteiger partial charge is 0.336 e. The zero-order valence-corrected chi connectivity index (χ0v) is 13.2. The van der Waals surface area contributed by atoms with Gasteiger partial charge in [0.05, 0.1) is 10.5 Å². The molecule has 1 atom stereocenters. The quantitative estimate of drug-likeness (QED) is 0.855. The summed E-state index contributed by atoms with van der Waals surface area (Å²) in [6, 6.07) is 3.69. The van der Waals surface area contributed by atoms with Crippen molar-refractivity contribution in [3.63, 3.8) is 0 Å². The SMILES string of the molecule is CC(C)C(C)NS(=O)(=O)c1ccc(Br)c(C(=O)O)c1. The maximum Gasteiger partial charge on any atom is 0.336 e. The molecule has 0 saturated carbocycles. The number of carboxylic acid groups (broad SMARTS) is 1. The van der Waals surface area contributed by atoms with Crippen LogP contribution in [-0.2, 0) is 10.0 Å². The summed E-state index contributed by atoms with van der Waals surface area (Å²) < 4.78 is 27.1. The van der Waals surface area contributed by atoms with Gasteiger partial charge < -0.3 is 5.11 Å². The number of halogens is 1. The van der Waals surface area contributed by atoms with E-state index >= 15 is 0 Å². The molecule has 106 valence electrons. The number of carbonyl (C=O) groups is 1. The van der Waals surface area contributed by atoms with Crippen LogP contribution < -0.4 is 4.72 Å². The molecule has 0 aliphatic carbocycles. The Kier molecular flexibility index (Phi) is 5.11. The summed E-state index contributed by atoms with van der Waals surface area (Å²) in [7, 11) is -3.71. The van der Waals surface area contributed by atoms with Crippen LogP contribution in [-0.4, -0.2) is 25.5 Å². The molecule has 2 N–H and O–H groups in total. The molecular formula is C12H16BrNO4S. The lowest BCUT2D eigenvalue weighted by Crippen LogP contribution is -2.36. The third-order valence-electron chi connectivity index (χ3n) is 2.82. The van der Waals surface area contributed by atoms with Crippen molar-refractivity contribution in [3.8, 4) is 0 Å². The number of sulfonamides is 1. The largest absolute Gasteiger partial charge is 0.478 e. The Hall–Kier alpha value is -0.920. The van der Waals surface area contributed by atoms with E-state index in [4.69, 9.17) is 5.11 Å². The highest BCUT2D eigenvalue weighted by atomic mass is 79.9. The number of hydrogen-bond donors (Lipinski definition) is 2. The van der Waals surface area contributed by atoms with Crippen LogP contribution in [0.5, 0.6) is 0 Å². The van der Waals surface area contributed by atoms with Crippen molar-refractivity contribution in [2.45, 2.75) is 31.7 Å². The van der Waals surface area contributed by atoms with Gasteiger partial charge in [0.2, 0.25) is 10.0 Å². The molecule has 0 fully saturated rings. The van der Waals surface area contributed by atoms with Gasteiger partial charge in [-0.05, 0) is 47.0 Å². The van der Waals surface area contributed by atoms with E-state index in [0.717, 1.165) is 6.07 Å². The molecule has 1 unspecified atom stereocenters. The molecular weight excluding hydrogens is 334 g/mol. The lowest BCUT2D eigenvalue weighted by molar-refractivity contribution is 0.0695. The van der Waals surface area contributed by atoms with Crippen LogP contribution in [0.3, 0.4) is 0 Å². The van der Waals surface area contributed by atoms with Crippen molar-refractivity contribution >= 4 is 31.9 Å². The Labute approximate surface area is 121 Å². The van der Waals surface area contributed by atoms with Crippen LogP contribution in [0.4, 0.5) is 0 Å². The van der Waals surface area contributed by atoms with Crippen LogP contribution in [0, 0.1) is 5.92 Å². The van der Waals surface area contributed by atoms with Gasteiger partial charge in [0.15, 0.2) is 0 Å². The first-order valence-electron chi connectivity index (χ1n) is 5.70. The van der Waals surface area contributed by atoms with E-state index in [9.17, 15) is 13.2 Å². The minimum Gasteiger partial charge on any atom is -0.478 e. The molecule has 1 rings (SSSR count). The molecule has 7 heteroatoms. The molecule has 0 aliphatic heterocycles. The van der Waals surface area contributed by atoms with Crippen LogP contribution in [0.25, 0.3) is 0 Å². The summed E-state index contributed by atoms with van der Waals surface area (Å²) in [5.74, 6) is -1.04. The Morgan fingerprint density at radius 3 is 2.37 bits per heavy atom. The highest BCUT2D eigenvalue weighted by Crippen LogP contribution is 2.21. The summed E-state index contributed by atoms with van der Waals surface area (Å²) >= 11 is 3.08. The minimum absolute atomic E-state index is 0.0550. The predicted octanol–water partition coefficient (Wildman–Crippen LogP) is 2.47. The Bertz CT molecular complexity index is 583. The molecule has 19 heavy (non-hydrogen) atoms. The molecule has 1 aromatic rings. The van der Waals surface area contributed by atoms with E-state index in [-0.39, 0.29) is 22.4 Å². The fourth-order valence-corrected chi connectivity index (χ4v) is 3.12. The number of carboxylic acids is 1. The zero-order chi connectivity index (χ0) is 14.8. The summed E-state index contributed by atoms with van der Waals surface area (Å²) in [4.78, 5) is 10.9. The zero-order valence-electron chi connectivity index (χ0n) is 10.8. The summed E-state index contributed by atoms with van der Waals surface area (Å²) in [6.45, 7) is 5.56. The highest BCUT2D eigenvalue weighted by molar-refractivity contribution is 9.10. The number of rotatable bonds is 5. The van der Waals surface area contributed by atoms with Crippen molar-refractivity contribution in [3.05, 3.63) is 28.2 Å². The van der Waals surface area contributed by atoms with Crippen LogP contribution >= 0.6 is 15.9 Å². The molecule has 0 radical (unpaired) electrons. The van der Waals surface area contributed by atoms with E-state index < -0.39 is 16.0 Å². The van der Waals surface area contributed by atoms with Gasteiger partial charge in [-0.2, -0.15) is 0 Å². The van der Waals surface area contributed by atoms with Crippen molar-refractivity contribution in [2.24, 2.45) is 5.92 Å². The first-order chi connectivity index (χ1) is 8.65. The van der Waals surface area contributed by atoms with E-state index in [1.807, 2.05) is 13.8 Å². The van der Waals surface area contributed by atoms with E-state index in [2.05, 4.69) is 20.7 Å². The molecule has 5 nitrogen and oxygen atoms in total. The molecule has 0 heterocycles. The molecule has 0 amide bonds. The van der Waals surface area contributed by atoms with E-state index in [1.54, 1.807) is 6.92 Å². The lowest BCUT2D eigenvalue weighted by atomic mass is 10.1. The Morgan fingerprint density at radius 1 is 1.32 bits per heavy atom. The maximum atomic E-state index is 12.1. The van der Waals surface area contributed by atoms with Gasteiger partial charge in [-0.25, -0.2) is 17.9 Å². The van der Waals surface area contributed by atoms with Gasteiger partial charge in [0.25, 0.3) is 0 Å². The highest BCUT2D eigenvalue weighted by Gasteiger charge is 2.21. The van der Waals surface area contributed by atoms with Crippen molar-refractivity contribution in [2.75, 3.05) is 0 Å². The van der Waals surface area contributed by atoms with Gasteiger partial charge in [0, 0.05) is 10.5 Å². The third kappa shape index (κ3) is 4.02. The molecule has 0 saturated heterocycles. The maximum absolute atomic E-state index is 12.1. The Morgan fingerprint density at radius 2 is 1.89 bits per heavy atom. The third-order valence-corrected chi connectivity index (χ3v) is 5.07. The summed E-state index contributed by atoms with van der Waals surface area (Å²) in [5, 5.41) is 8.98. The monoisotopic (exact) mass is 349 g/mol. The second-order valence-electron chi connectivity index (χ2n) is 4.60. The Balaban J connectivity index is 3.16. The summed E-state index contributed by atoms with van der Waals surface area (Å²) in [5.41, 5.74) is -0.0833. The van der Waals surface area contributed by atoms with Gasteiger partial charge in [-0.1, -0.05) is 13.8 Å². The molecule has 0 spiro atoms. The van der Waals surface area contributed by atoms with E-state index in [0.29, 0.717) is 4.47 Å². The number of nitrogens with one attached hydrogen (secondary N) is 1. The van der Waals surface area contributed by atoms with Gasteiger partial charge in [-0.15, -0.1) is 0 Å². The standard InChI is InChI=1S/C12H16BrNO4S/c1-7(2)8(3)14-19(17,18)9-4-5-11(13)10(6-9)12(15)16/h4-8,14H,1-3H3,(H,15,16). The van der Waals surface area contributed by atoms with Crippen molar-refractivity contribution in [1.82, 2.24) is 4.72 Å². The number of aromatic carboxylic acids is 1. The second kappa shape index (κ2) is 6.02. The van der Waals surface area contributed by atoms with Crippen molar-refractivity contribution < 1.29 is 18.3 Å². The normalized spacial score (nSPS) is 13.5. The lowest BCUT2D eigenvalue weighted by Gasteiger charge is -2.17. The average Bonchev–Trinajstić information content (AvgIpc) is 2.27. The second-order valence-corrected chi connectivity index (χ2v) is 7.17. The van der Waals surface area contributed by atoms with Crippen LogP contribution in [0.2, 0.25) is 0 Å². The van der Waals surface area contributed by atoms with Crippen molar-refractivity contribution in [1.29, 1.82) is 0 Å². The fourth-order valence-electron chi connectivity index (χ4n) is 1.28. The van der Waals surface area contributed by atoms with E-state index in [1.165, 1.54) is 12.1 Å². The first kappa shape index (κ1) is 16.1. The molecule has 0 aromatic heterocycles. The van der Waals surface area contributed by atoms with Gasteiger partial charge in [0.1, 0.15) is 0 Å². The number of hydrogen-bond acceptors (Lipinski definition) is 3. The molecule has 1 aromatic carbocycles. The van der Waals surface area contributed by atoms with Gasteiger partial charge >= 0.3 is 5.97 Å². The number of benzene rings is 1. The van der Waals surface area contributed by atoms with Crippen LogP contribution in [0.15, 0.2) is 27.6 Å². The van der Waals surface area contributed by atoms with Crippen LogP contribution in [0.1, 0.15) is 31.1 Å². The minimum atomic E-state index is -3.71. The average molecular weight is 350 g/mol. The molecule has 0 aliphatic rings. The fraction of sp³-hybridized carbons (Fsp3) is 0.417. The predicted molar refractivity (Wildman–Crippen MR) is 75.7 cm³/mol. The topological polar surface area (TPSA) is 83.5 Å². The molecule has 0 bridgehead atoms. The summed E-state index contributed by atoms with van der Waals surface area (Å²) in [6.07, 6.45) is 0. The first-order valence-corrected chi connectivity index (χ1v) is 7.98. The van der Waals surface area contributed by atoms with Gasteiger partial charge in [-0.3, -0.25) is 0 Å².